The summed E-state index contributed by atoms with van der Waals surface area (Å²) in [6.45, 7) is 7.28. The molecule has 0 aromatic heterocycles. The summed E-state index contributed by atoms with van der Waals surface area (Å²) in [6, 6.07) is 15.0. The van der Waals surface area contributed by atoms with Crippen LogP contribution in [0.2, 0.25) is 0 Å². The number of benzene rings is 4. The first-order chi connectivity index (χ1) is 20.4. The number of methoxy groups -OCH3 is 4. The first-order valence-corrected chi connectivity index (χ1v) is 13.9. The van der Waals surface area contributed by atoms with Gasteiger partial charge in [-0.05, 0) is 103 Å². The normalized spacial score (nSPS) is 11.2. The van der Waals surface area contributed by atoms with E-state index in [1.54, 1.807) is 0 Å². The van der Waals surface area contributed by atoms with Gasteiger partial charge in [0.25, 0.3) is 0 Å². The van der Waals surface area contributed by atoms with Crippen molar-refractivity contribution < 1.29 is 39.4 Å². The van der Waals surface area contributed by atoms with Gasteiger partial charge in [-0.15, -0.1) is 0 Å². The van der Waals surface area contributed by atoms with Gasteiger partial charge < -0.3 is 39.4 Å². The molecule has 4 rings (SSSR count). The van der Waals surface area contributed by atoms with Crippen molar-refractivity contribution in [1.82, 2.24) is 0 Å². The Morgan fingerprint density at radius 1 is 0.419 bits per heavy atom. The summed E-state index contributed by atoms with van der Waals surface area (Å²) in [7, 11) is 6.06. The standard InChI is InChI=1S/C35H40O8/c1-18-9-22(13-28(40-5)32(18)36)26(23-10-19(2)33(37)29(14-23)41-6)17-27(24-11-20(3)34(38)30(15-24)42-7)25-12-21(4)35(39)31(16-25)43-8/h9-16,26-27,36-39H,17H2,1-8H3. The zero-order chi connectivity index (χ0) is 31.6. The SMILES string of the molecule is COc1cc(C(CC(c2cc(C)c(O)c(OC)c2)c2cc(C)c(O)c(OC)c2)c2cc(C)c(O)c(OC)c2)cc(C)c1O. The van der Waals surface area contributed by atoms with E-state index < -0.39 is 0 Å². The summed E-state index contributed by atoms with van der Waals surface area (Å²) in [5, 5.41) is 42.6. The molecule has 0 unspecified atom stereocenters. The van der Waals surface area contributed by atoms with E-state index in [2.05, 4.69) is 0 Å². The van der Waals surface area contributed by atoms with Crippen LogP contribution < -0.4 is 18.9 Å². The van der Waals surface area contributed by atoms with Crippen LogP contribution in [0.3, 0.4) is 0 Å². The highest BCUT2D eigenvalue weighted by Crippen LogP contribution is 2.47. The Hall–Kier alpha value is -4.72. The lowest BCUT2D eigenvalue weighted by molar-refractivity contribution is 0.368. The molecule has 8 nitrogen and oxygen atoms in total. The van der Waals surface area contributed by atoms with Crippen LogP contribution in [0.4, 0.5) is 0 Å². The van der Waals surface area contributed by atoms with E-state index in [-0.39, 0.29) is 34.8 Å². The second kappa shape index (κ2) is 12.7. The quantitative estimate of drug-likeness (QED) is 0.155. The third kappa shape index (κ3) is 6.09. The third-order valence-electron chi connectivity index (χ3n) is 8.11. The van der Waals surface area contributed by atoms with Crippen LogP contribution in [-0.2, 0) is 0 Å². The van der Waals surface area contributed by atoms with Crippen molar-refractivity contribution in [1.29, 1.82) is 0 Å². The molecule has 43 heavy (non-hydrogen) atoms. The van der Waals surface area contributed by atoms with Gasteiger partial charge in [0, 0.05) is 11.8 Å². The van der Waals surface area contributed by atoms with E-state index in [0.717, 1.165) is 22.3 Å². The van der Waals surface area contributed by atoms with E-state index in [4.69, 9.17) is 18.9 Å². The van der Waals surface area contributed by atoms with Crippen LogP contribution in [0, 0.1) is 27.7 Å². The summed E-state index contributed by atoms with van der Waals surface area (Å²) >= 11 is 0. The fourth-order valence-electron chi connectivity index (χ4n) is 5.69. The first kappa shape index (κ1) is 31.2. The Labute approximate surface area is 252 Å². The van der Waals surface area contributed by atoms with Gasteiger partial charge in [-0.25, -0.2) is 0 Å². The van der Waals surface area contributed by atoms with Crippen LogP contribution >= 0.6 is 0 Å². The summed E-state index contributed by atoms with van der Waals surface area (Å²) in [4.78, 5) is 0. The Balaban J connectivity index is 2.03. The van der Waals surface area contributed by atoms with E-state index in [9.17, 15) is 20.4 Å². The second-order valence-corrected chi connectivity index (χ2v) is 10.9. The number of hydrogen-bond donors (Lipinski definition) is 4. The Bertz CT molecular complexity index is 1400. The predicted octanol–water partition coefficient (Wildman–Crippen LogP) is 7.13. The minimum Gasteiger partial charge on any atom is -0.504 e. The molecule has 4 aromatic carbocycles. The molecule has 0 aliphatic carbocycles. The van der Waals surface area contributed by atoms with E-state index in [1.165, 1.54) is 28.4 Å². The lowest BCUT2D eigenvalue weighted by atomic mass is 9.77. The topological polar surface area (TPSA) is 118 Å². The van der Waals surface area contributed by atoms with Crippen LogP contribution in [-0.4, -0.2) is 48.9 Å². The van der Waals surface area contributed by atoms with E-state index in [0.29, 0.717) is 51.7 Å². The monoisotopic (exact) mass is 588 g/mol. The molecule has 0 amide bonds. The molecule has 0 fully saturated rings. The predicted molar refractivity (Wildman–Crippen MR) is 166 cm³/mol. The average molecular weight is 589 g/mol. The lowest BCUT2D eigenvalue weighted by Gasteiger charge is -2.28. The molecule has 8 heteroatoms. The number of hydrogen-bond acceptors (Lipinski definition) is 8. The molecule has 0 bridgehead atoms. The molecule has 0 heterocycles. The molecule has 228 valence electrons. The number of phenols is 4. The van der Waals surface area contributed by atoms with Crippen molar-refractivity contribution in [3.05, 3.63) is 93.0 Å². The number of phenolic OH excluding ortho intramolecular Hbond substituents is 4. The maximum absolute atomic E-state index is 10.7. The highest BCUT2D eigenvalue weighted by Gasteiger charge is 2.28. The molecule has 0 saturated heterocycles. The molecule has 0 aliphatic rings. The van der Waals surface area contributed by atoms with Crippen molar-refractivity contribution in [2.45, 2.75) is 46.0 Å². The molecule has 0 radical (unpaired) electrons. The summed E-state index contributed by atoms with van der Waals surface area (Å²) in [5.74, 6) is 1.10. The van der Waals surface area contributed by atoms with Gasteiger partial charge in [0.05, 0.1) is 28.4 Å². The minimum absolute atomic E-state index is 0.0683. The summed E-state index contributed by atoms with van der Waals surface area (Å²) in [5.41, 5.74) is 6.16. The highest BCUT2D eigenvalue weighted by atomic mass is 16.5. The van der Waals surface area contributed by atoms with Gasteiger partial charge in [-0.1, -0.05) is 24.3 Å². The number of ether oxygens (including phenoxy) is 4. The summed E-state index contributed by atoms with van der Waals surface area (Å²) < 4.78 is 22.1. The Morgan fingerprint density at radius 2 is 0.628 bits per heavy atom. The highest BCUT2D eigenvalue weighted by molar-refractivity contribution is 5.57. The Morgan fingerprint density at radius 3 is 0.814 bits per heavy atom. The molecule has 0 saturated carbocycles. The fourth-order valence-corrected chi connectivity index (χ4v) is 5.69. The van der Waals surface area contributed by atoms with Gasteiger partial charge >= 0.3 is 0 Å². The molecular formula is C35H40O8. The van der Waals surface area contributed by atoms with Gasteiger partial charge in [-0.2, -0.15) is 0 Å². The smallest absolute Gasteiger partial charge is 0.161 e. The number of aromatic hydroxyl groups is 4. The van der Waals surface area contributed by atoms with E-state index >= 15 is 0 Å². The third-order valence-corrected chi connectivity index (χ3v) is 8.11. The molecule has 4 N–H and O–H groups in total. The van der Waals surface area contributed by atoms with Crippen molar-refractivity contribution in [3.63, 3.8) is 0 Å². The van der Waals surface area contributed by atoms with Crippen LogP contribution in [0.1, 0.15) is 62.8 Å². The summed E-state index contributed by atoms with van der Waals surface area (Å²) in [6.07, 6.45) is 0.501. The first-order valence-electron chi connectivity index (χ1n) is 13.9. The van der Waals surface area contributed by atoms with Gasteiger partial charge in [-0.3, -0.25) is 0 Å². The lowest BCUT2D eigenvalue weighted by Crippen LogP contribution is -2.12. The van der Waals surface area contributed by atoms with Crippen LogP contribution in [0.25, 0.3) is 0 Å². The van der Waals surface area contributed by atoms with Crippen LogP contribution in [0.5, 0.6) is 46.0 Å². The Kier molecular flexibility index (Phi) is 9.19. The maximum atomic E-state index is 10.7. The maximum Gasteiger partial charge on any atom is 0.161 e. The largest absolute Gasteiger partial charge is 0.504 e. The van der Waals surface area contributed by atoms with E-state index in [1.807, 2.05) is 76.2 Å². The van der Waals surface area contributed by atoms with Crippen molar-refractivity contribution in [2.24, 2.45) is 0 Å². The fraction of sp³-hybridized carbons (Fsp3) is 0.314. The number of rotatable bonds is 10. The van der Waals surface area contributed by atoms with Crippen molar-refractivity contribution in [3.8, 4) is 46.0 Å². The van der Waals surface area contributed by atoms with Crippen molar-refractivity contribution >= 4 is 0 Å². The average Bonchev–Trinajstić information content (AvgIpc) is 2.99. The minimum atomic E-state index is -0.286. The van der Waals surface area contributed by atoms with Gasteiger partial charge in [0.2, 0.25) is 0 Å². The molecule has 0 aliphatic heterocycles. The number of aryl methyl sites for hydroxylation is 4. The van der Waals surface area contributed by atoms with Gasteiger partial charge in [0.1, 0.15) is 0 Å². The molecular weight excluding hydrogens is 548 g/mol. The van der Waals surface area contributed by atoms with Crippen LogP contribution in [0.15, 0.2) is 48.5 Å². The molecule has 0 atom stereocenters. The van der Waals surface area contributed by atoms with Crippen molar-refractivity contribution in [2.75, 3.05) is 28.4 Å². The molecule has 0 spiro atoms. The van der Waals surface area contributed by atoms with Gasteiger partial charge in [0.15, 0.2) is 46.0 Å². The zero-order valence-electron chi connectivity index (χ0n) is 25.9. The second-order valence-electron chi connectivity index (χ2n) is 10.9. The zero-order valence-corrected chi connectivity index (χ0v) is 25.9. The molecule has 4 aromatic rings.